The van der Waals surface area contributed by atoms with E-state index < -0.39 is 27.3 Å². The molecule has 0 bridgehead atoms. The molecule has 0 unspecified atom stereocenters. The Hall–Kier alpha value is -2.88. The minimum Gasteiger partial charge on any atom is -0.353 e. The van der Waals surface area contributed by atoms with Gasteiger partial charge in [-0.25, -0.2) is 9.37 Å². The Kier molecular flexibility index (Phi) is 4.60. The van der Waals surface area contributed by atoms with Gasteiger partial charge in [0.05, 0.1) is 5.52 Å². The van der Waals surface area contributed by atoms with E-state index in [1.165, 1.54) is 29.2 Å². The monoisotopic (exact) mass is 426 g/mol. The summed E-state index contributed by atoms with van der Waals surface area (Å²) in [4.78, 5) is 5.54. The van der Waals surface area contributed by atoms with Gasteiger partial charge in [0, 0.05) is 23.2 Å². The van der Waals surface area contributed by atoms with Gasteiger partial charge in [0.2, 0.25) is 0 Å². The molecule has 2 heterocycles. The molecular weight excluding hydrogens is 412 g/mol. The van der Waals surface area contributed by atoms with Crippen molar-refractivity contribution >= 4 is 32.4 Å². The van der Waals surface area contributed by atoms with Gasteiger partial charge in [0.1, 0.15) is 11.5 Å². The number of aromatic nitrogens is 1. The molecule has 0 N–H and O–H groups in total. The molecule has 5 nitrogen and oxygen atoms in total. The van der Waals surface area contributed by atoms with Crippen molar-refractivity contribution in [1.82, 2.24) is 4.98 Å². The van der Waals surface area contributed by atoms with Gasteiger partial charge in [-0.1, -0.05) is 24.3 Å². The first-order chi connectivity index (χ1) is 13.7. The van der Waals surface area contributed by atoms with Crippen molar-refractivity contribution in [2.75, 3.05) is 11.4 Å². The second-order valence-electron chi connectivity index (χ2n) is 6.48. The third-order valence-corrected chi connectivity index (χ3v) is 5.57. The second-order valence-corrected chi connectivity index (χ2v) is 8.02. The molecule has 0 saturated carbocycles. The smallest absolute Gasteiger partial charge is 0.353 e. The first-order valence-corrected chi connectivity index (χ1v) is 10.0. The third-order valence-electron chi connectivity index (χ3n) is 4.63. The second kappa shape index (κ2) is 6.87. The average Bonchev–Trinajstić information content (AvgIpc) is 2.66. The number of benzene rings is 2. The fourth-order valence-corrected chi connectivity index (χ4v) is 3.75. The van der Waals surface area contributed by atoms with Crippen LogP contribution in [0.3, 0.4) is 0 Å². The molecule has 1 aromatic heterocycles. The number of para-hydroxylation sites is 1. The van der Waals surface area contributed by atoms with Gasteiger partial charge in [0.25, 0.3) is 5.88 Å². The summed E-state index contributed by atoms with van der Waals surface area (Å²) in [6.07, 6.45) is 0.975. The van der Waals surface area contributed by atoms with Crippen molar-refractivity contribution in [3.05, 3.63) is 59.9 Å². The molecule has 4 rings (SSSR count). The van der Waals surface area contributed by atoms with Gasteiger partial charge in [-0.3, -0.25) is 0 Å². The summed E-state index contributed by atoms with van der Waals surface area (Å²) >= 11 is 0. The lowest BCUT2D eigenvalue weighted by atomic mass is 10.0. The first-order valence-electron chi connectivity index (χ1n) is 8.63. The van der Waals surface area contributed by atoms with E-state index in [0.717, 1.165) is 0 Å². The third kappa shape index (κ3) is 3.48. The van der Waals surface area contributed by atoms with Crippen LogP contribution in [0.1, 0.15) is 12.0 Å². The van der Waals surface area contributed by atoms with E-state index in [-0.39, 0.29) is 11.2 Å². The summed E-state index contributed by atoms with van der Waals surface area (Å²) in [7, 11) is -5.93. The van der Waals surface area contributed by atoms with Crippen molar-refractivity contribution in [2.45, 2.75) is 18.3 Å². The van der Waals surface area contributed by atoms with Gasteiger partial charge in [-0.2, -0.15) is 21.6 Å². The molecule has 0 amide bonds. The zero-order valence-corrected chi connectivity index (χ0v) is 15.6. The number of alkyl halides is 3. The van der Waals surface area contributed by atoms with E-state index in [0.29, 0.717) is 36.0 Å². The van der Waals surface area contributed by atoms with Crippen LogP contribution in [0.25, 0.3) is 10.9 Å². The molecule has 1 aliphatic heterocycles. The number of fused-ring (bicyclic) bond motifs is 2. The molecule has 29 heavy (non-hydrogen) atoms. The average molecular weight is 426 g/mol. The quantitative estimate of drug-likeness (QED) is 0.346. The molecule has 3 aromatic rings. The van der Waals surface area contributed by atoms with Crippen LogP contribution in [0.15, 0.2) is 48.5 Å². The summed E-state index contributed by atoms with van der Waals surface area (Å²) < 4.78 is 80.6. The van der Waals surface area contributed by atoms with Crippen LogP contribution < -0.4 is 9.08 Å². The van der Waals surface area contributed by atoms with Crippen molar-refractivity contribution in [3.8, 4) is 5.88 Å². The lowest BCUT2D eigenvalue weighted by molar-refractivity contribution is -0.0501. The minimum absolute atomic E-state index is 0.0167. The fourth-order valence-electron chi connectivity index (χ4n) is 3.33. The normalized spacial score (nSPS) is 14.7. The maximum atomic E-state index is 14.2. The van der Waals surface area contributed by atoms with E-state index >= 15 is 0 Å². The Bertz CT molecular complexity index is 1200. The first kappa shape index (κ1) is 19.4. The van der Waals surface area contributed by atoms with Crippen molar-refractivity contribution in [2.24, 2.45) is 0 Å². The highest BCUT2D eigenvalue weighted by Gasteiger charge is 2.49. The van der Waals surface area contributed by atoms with Gasteiger partial charge >= 0.3 is 15.6 Å². The minimum atomic E-state index is -5.93. The van der Waals surface area contributed by atoms with Crippen LogP contribution in [0.2, 0.25) is 0 Å². The lowest BCUT2D eigenvalue weighted by Gasteiger charge is -2.32. The van der Waals surface area contributed by atoms with E-state index in [9.17, 15) is 26.0 Å². The largest absolute Gasteiger partial charge is 0.534 e. The topological polar surface area (TPSA) is 59.5 Å². The summed E-state index contributed by atoms with van der Waals surface area (Å²) in [6, 6.07) is 12.4. The van der Waals surface area contributed by atoms with E-state index in [1.54, 1.807) is 24.3 Å². The standard InChI is InChI=1S/C19H14F4N2O3S/c20-14-7-3-9-16-13(14)6-4-10-25(16)17-11-12-5-1-2-8-15(12)24-18(17)28-29(26,27)19(21,22)23/h1-3,5,7-9,11H,4,6,10H2. The van der Waals surface area contributed by atoms with Crippen LogP contribution >= 0.6 is 0 Å². The Morgan fingerprint density at radius 3 is 2.55 bits per heavy atom. The highest BCUT2D eigenvalue weighted by molar-refractivity contribution is 7.88. The fraction of sp³-hybridized carbons (Fsp3) is 0.211. The molecule has 0 saturated heterocycles. The zero-order valence-electron chi connectivity index (χ0n) is 14.8. The number of pyridine rings is 1. The Morgan fingerprint density at radius 1 is 1.03 bits per heavy atom. The molecular formula is C19H14F4N2O3S. The molecule has 0 atom stereocenters. The van der Waals surface area contributed by atoms with Gasteiger partial charge < -0.3 is 9.08 Å². The maximum Gasteiger partial charge on any atom is 0.534 e. The molecule has 152 valence electrons. The van der Waals surface area contributed by atoms with Gasteiger partial charge in [0.15, 0.2) is 0 Å². The molecule has 0 aliphatic carbocycles. The molecule has 10 heteroatoms. The van der Waals surface area contributed by atoms with Crippen LogP contribution in [0.4, 0.5) is 28.9 Å². The number of hydrogen-bond acceptors (Lipinski definition) is 5. The number of anilines is 2. The molecule has 0 radical (unpaired) electrons. The lowest BCUT2D eigenvalue weighted by Crippen LogP contribution is -2.30. The van der Waals surface area contributed by atoms with Crippen LogP contribution in [0.5, 0.6) is 5.88 Å². The van der Waals surface area contributed by atoms with Crippen molar-refractivity contribution < 1.29 is 30.2 Å². The summed E-state index contributed by atoms with van der Waals surface area (Å²) in [5, 5.41) is 0.572. The van der Waals surface area contributed by atoms with Gasteiger partial charge in [-0.15, -0.1) is 0 Å². The molecule has 2 aromatic carbocycles. The Balaban J connectivity index is 1.92. The number of halogens is 4. The van der Waals surface area contributed by atoms with Gasteiger partial charge in [-0.05, 0) is 37.1 Å². The predicted molar refractivity (Wildman–Crippen MR) is 99.1 cm³/mol. The highest BCUT2D eigenvalue weighted by atomic mass is 32.2. The summed E-state index contributed by atoms with van der Waals surface area (Å²) in [6.45, 7) is 0.332. The Morgan fingerprint density at radius 2 is 1.79 bits per heavy atom. The summed E-state index contributed by atoms with van der Waals surface area (Å²) in [5.41, 5.74) is -4.49. The SMILES string of the molecule is O=S(=O)(Oc1nc2ccccc2cc1N1CCCc2c(F)cccc21)C(F)(F)F. The predicted octanol–water partition coefficient (Wildman–Crippen LogP) is 4.69. The van der Waals surface area contributed by atoms with E-state index in [2.05, 4.69) is 9.17 Å². The number of nitrogens with zero attached hydrogens (tertiary/aromatic N) is 2. The van der Waals surface area contributed by atoms with Crippen LogP contribution in [0, 0.1) is 5.82 Å². The number of rotatable bonds is 3. The Labute approximate surface area is 163 Å². The van der Waals surface area contributed by atoms with Crippen LogP contribution in [-0.4, -0.2) is 25.5 Å². The number of hydrogen-bond donors (Lipinski definition) is 0. The van der Waals surface area contributed by atoms with Crippen molar-refractivity contribution in [3.63, 3.8) is 0 Å². The summed E-state index contributed by atoms with van der Waals surface area (Å²) in [5.74, 6) is -1.15. The van der Waals surface area contributed by atoms with E-state index in [4.69, 9.17) is 0 Å². The highest BCUT2D eigenvalue weighted by Crippen LogP contribution is 2.41. The van der Waals surface area contributed by atoms with Crippen LogP contribution in [-0.2, 0) is 16.5 Å². The van der Waals surface area contributed by atoms with Crippen molar-refractivity contribution in [1.29, 1.82) is 0 Å². The molecule has 0 fully saturated rings. The molecule has 1 aliphatic rings. The maximum absolute atomic E-state index is 14.2. The zero-order chi connectivity index (χ0) is 20.8. The van der Waals surface area contributed by atoms with E-state index in [1.807, 2.05) is 0 Å². The molecule has 0 spiro atoms.